The number of nitrogens with two attached hydrogens (primary N) is 1. The van der Waals surface area contributed by atoms with Crippen molar-refractivity contribution >= 4 is 23.2 Å². The highest BCUT2D eigenvalue weighted by Gasteiger charge is 2.11. The van der Waals surface area contributed by atoms with Crippen LogP contribution in [0.4, 0.5) is 0 Å². The molecule has 2 aromatic heterocycles. The van der Waals surface area contributed by atoms with Gasteiger partial charge in [0.2, 0.25) is 0 Å². The molecule has 18 heavy (non-hydrogen) atoms. The van der Waals surface area contributed by atoms with Gasteiger partial charge in [0.05, 0.1) is 6.54 Å². The largest absolute Gasteiger partial charge is 0.364 e. The van der Waals surface area contributed by atoms with E-state index in [0.717, 1.165) is 10.4 Å². The molecular weight excluding hydrogens is 250 g/mol. The zero-order chi connectivity index (χ0) is 13.1. The summed E-state index contributed by atoms with van der Waals surface area (Å²) in [5.74, 6) is -0.835. The van der Waals surface area contributed by atoms with Crippen molar-refractivity contribution in [1.82, 2.24) is 10.3 Å². The van der Waals surface area contributed by atoms with Crippen LogP contribution >= 0.6 is 11.3 Å². The van der Waals surface area contributed by atoms with E-state index >= 15 is 0 Å². The van der Waals surface area contributed by atoms with Crippen molar-refractivity contribution < 1.29 is 9.59 Å². The molecule has 2 aromatic rings. The summed E-state index contributed by atoms with van der Waals surface area (Å²) in [7, 11) is 0. The van der Waals surface area contributed by atoms with E-state index in [1.54, 1.807) is 11.3 Å². The van der Waals surface area contributed by atoms with Gasteiger partial charge in [-0.05, 0) is 36.1 Å². The molecule has 0 unspecified atom stereocenters. The van der Waals surface area contributed by atoms with E-state index in [1.165, 1.54) is 12.1 Å². The molecule has 0 fully saturated rings. The van der Waals surface area contributed by atoms with Gasteiger partial charge >= 0.3 is 0 Å². The number of aromatic amines is 1. The molecule has 5 nitrogen and oxygen atoms in total. The quantitative estimate of drug-likeness (QED) is 0.778. The van der Waals surface area contributed by atoms with Crippen LogP contribution in [0.2, 0.25) is 0 Å². The zero-order valence-electron chi connectivity index (χ0n) is 9.82. The summed E-state index contributed by atoms with van der Waals surface area (Å²) in [5, 5.41) is 4.77. The summed E-state index contributed by atoms with van der Waals surface area (Å²) in [4.78, 5) is 26.5. The molecule has 94 valence electrons. The molecule has 0 spiro atoms. The molecule has 4 N–H and O–H groups in total. The first-order chi connectivity index (χ1) is 8.58. The van der Waals surface area contributed by atoms with Gasteiger partial charge in [-0.25, -0.2) is 0 Å². The fourth-order valence-corrected chi connectivity index (χ4v) is 2.36. The Bertz CT molecular complexity index is 586. The molecule has 0 bridgehead atoms. The number of amides is 2. The Balaban J connectivity index is 1.99. The lowest BCUT2D eigenvalue weighted by Gasteiger charge is -2.02. The number of hydrogen-bond donors (Lipinski definition) is 3. The van der Waals surface area contributed by atoms with E-state index in [1.807, 2.05) is 18.4 Å². The van der Waals surface area contributed by atoms with Gasteiger partial charge < -0.3 is 16.0 Å². The Morgan fingerprint density at radius 2 is 2.06 bits per heavy atom. The van der Waals surface area contributed by atoms with Gasteiger partial charge in [-0.15, -0.1) is 11.3 Å². The average Bonchev–Trinajstić information content (AvgIpc) is 2.94. The first-order valence-corrected chi connectivity index (χ1v) is 6.26. The van der Waals surface area contributed by atoms with Crippen molar-refractivity contribution in [3.8, 4) is 0 Å². The first kappa shape index (κ1) is 12.4. The Morgan fingerprint density at radius 1 is 1.33 bits per heavy atom. The summed E-state index contributed by atoms with van der Waals surface area (Å²) in [6.07, 6.45) is 0. The maximum Gasteiger partial charge on any atom is 0.268 e. The van der Waals surface area contributed by atoms with Gasteiger partial charge in [0, 0.05) is 4.88 Å². The molecule has 0 radical (unpaired) electrons. The second kappa shape index (κ2) is 5.05. The van der Waals surface area contributed by atoms with Crippen LogP contribution in [-0.2, 0) is 6.54 Å². The van der Waals surface area contributed by atoms with Gasteiger partial charge in [0.15, 0.2) is 0 Å². The lowest BCUT2D eigenvalue weighted by molar-refractivity contribution is 0.0947. The molecule has 0 aliphatic heterocycles. The van der Waals surface area contributed by atoms with Crippen LogP contribution < -0.4 is 11.1 Å². The summed E-state index contributed by atoms with van der Waals surface area (Å²) in [5.41, 5.74) is 6.82. The Morgan fingerprint density at radius 3 is 2.61 bits per heavy atom. The monoisotopic (exact) mass is 263 g/mol. The highest BCUT2D eigenvalue weighted by molar-refractivity contribution is 7.10. The molecular formula is C12H13N3O2S. The molecule has 2 amide bonds. The van der Waals surface area contributed by atoms with E-state index in [2.05, 4.69) is 10.3 Å². The van der Waals surface area contributed by atoms with Crippen LogP contribution in [0.1, 0.15) is 31.4 Å². The highest BCUT2D eigenvalue weighted by Crippen LogP contribution is 2.15. The van der Waals surface area contributed by atoms with Crippen LogP contribution in [0.15, 0.2) is 23.6 Å². The normalized spacial score (nSPS) is 10.3. The van der Waals surface area contributed by atoms with Gasteiger partial charge in [0.1, 0.15) is 11.4 Å². The standard InChI is InChI=1S/C12H13N3O2S/c1-7-4-5-18-10(7)6-14-12(17)9-3-2-8(15-9)11(13)16/h2-5,15H,6H2,1H3,(H2,13,16)(H,14,17). The number of aryl methyl sites for hydroxylation is 1. The van der Waals surface area contributed by atoms with E-state index in [9.17, 15) is 9.59 Å². The molecule has 0 atom stereocenters. The van der Waals surface area contributed by atoms with Gasteiger partial charge in [-0.3, -0.25) is 9.59 Å². The Labute approximate surface area is 108 Å². The molecule has 0 saturated carbocycles. The lowest BCUT2D eigenvalue weighted by atomic mass is 10.3. The number of primary amides is 1. The molecule has 0 aliphatic rings. The zero-order valence-corrected chi connectivity index (χ0v) is 10.6. The van der Waals surface area contributed by atoms with Crippen molar-refractivity contribution in [3.63, 3.8) is 0 Å². The van der Waals surface area contributed by atoms with Gasteiger partial charge in [0.25, 0.3) is 11.8 Å². The topological polar surface area (TPSA) is 88.0 Å². The second-order valence-electron chi connectivity index (χ2n) is 3.86. The number of aromatic nitrogens is 1. The van der Waals surface area contributed by atoms with E-state index in [-0.39, 0.29) is 11.6 Å². The SMILES string of the molecule is Cc1ccsc1CNC(=O)c1ccc(C(N)=O)[nH]1. The number of rotatable bonds is 4. The average molecular weight is 263 g/mol. The fourth-order valence-electron chi connectivity index (χ4n) is 1.51. The van der Waals surface area contributed by atoms with Gasteiger partial charge in [-0.1, -0.05) is 0 Å². The van der Waals surface area contributed by atoms with Gasteiger partial charge in [-0.2, -0.15) is 0 Å². The summed E-state index contributed by atoms with van der Waals surface area (Å²) in [6.45, 7) is 2.48. The minimum absolute atomic E-state index is 0.229. The van der Waals surface area contributed by atoms with Crippen LogP contribution in [0.5, 0.6) is 0 Å². The first-order valence-electron chi connectivity index (χ1n) is 5.38. The van der Waals surface area contributed by atoms with Crippen LogP contribution in [0.3, 0.4) is 0 Å². The summed E-state index contributed by atoms with van der Waals surface area (Å²) >= 11 is 1.60. The molecule has 6 heteroatoms. The Kier molecular flexibility index (Phi) is 3.47. The highest BCUT2D eigenvalue weighted by atomic mass is 32.1. The number of hydrogen-bond acceptors (Lipinski definition) is 3. The predicted octanol–water partition coefficient (Wildman–Crippen LogP) is 1.41. The minimum Gasteiger partial charge on any atom is -0.364 e. The fraction of sp³-hybridized carbons (Fsp3) is 0.167. The third-order valence-corrected chi connectivity index (χ3v) is 3.60. The van der Waals surface area contributed by atoms with Crippen molar-refractivity contribution in [1.29, 1.82) is 0 Å². The summed E-state index contributed by atoms with van der Waals surface area (Å²) in [6, 6.07) is 5.04. The van der Waals surface area contributed by atoms with E-state index < -0.39 is 5.91 Å². The molecule has 0 aliphatic carbocycles. The maximum atomic E-state index is 11.8. The maximum absolute atomic E-state index is 11.8. The number of nitrogens with one attached hydrogen (secondary N) is 2. The molecule has 2 heterocycles. The Hall–Kier alpha value is -2.08. The van der Waals surface area contributed by atoms with Crippen LogP contribution in [0.25, 0.3) is 0 Å². The lowest BCUT2D eigenvalue weighted by Crippen LogP contribution is -2.23. The van der Waals surface area contributed by atoms with E-state index in [0.29, 0.717) is 12.2 Å². The number of carbonyl (C=O) groups excluding carboxylic acids is 2. The molecule has 0 saturated heterocycles. The number of H-pyrrole nitrogens is 1. The number of carbonyl (C=O) groups is 2. The summed E-state index contributed by atoms with van der Waals surface area (Å²) < 4.78 is 0. The second-order valence-corrected chi connectivity index (χ2v) is 4.86. The van der Waals surface area contributed by atoms with Crippen molar-refractivity contribution in [2.45, 2.75) is 13.5 Å². The minimum atomic E-state index is -0.580. The van der Waals surface area contributed by atoms with Crippen molar-refractivity contribution in [2.24, 2.45) is 5.73 Å². The third-order valence-electron chi connectivity index (χ3n) is 2.57. The van der Waals surface area contributed by atoms with Crippen LogP contribution in [-0.4, -0.2) is 16.8 Å². The van der Waals surface area contributed by atoms with Crippen molar-refractivity contribution in [2.75, 3.05) is 0 Å². The smallest absolute Gasteiger partial charge is 0.268 e. The number of thiophene rings is 1. The molecule has 2 rings (SSSR count). The third kappa shape index (κ3) is 2.60. The van der Waals surface area contributed by atoms with E-state index in [4.69, 9.17) is 5.73 Å². The predicted molar refractivity (Wildman–Crippen MR) is 69.5 cm³/mol. The van der Waals surface area contributed by atoms with Crippen molar-refractivity contribution in [3.05, 3.63) is 45.4 Å². The van der Waals surface area contributed by atoms with Crippen LogP contribution in [0, 0.1) is 6.92 Å². The molecule has 0 aromatic carbocycles.